The Morgan fingerprint density at radius 3 is 2.50 bits per heavy atom. The molecule has 2 aromatic carbocycles. The van der Waals surface area contributed by atoms with Crippen LogP contribution in [0.15, 0.2) is 51.8 Å². The third-order valence-electron chi connectivity index (χ3n) is 4.49. The predicted molar refractivity (Wildman–Crippen MR) is 106 cm³/mol. The molecule has 0 aliphatic carbocycles. The second-order valence-electron chi connectivity index (χ2n) is 6.41. The zero-order valence-electron chi connectivity index (χ0n) is 14.5. The van der Waals surface area contributed by atoms with E-state index in [1.165, 1.54) is 10.4 Å². The molecule has 0 spiro atoms. The molecule has 0 aromatic heterocycles. The van der Waals surface area contributed by atoms with Gasteiger partial charge in [-0.05, 0) is 61.7 Å². The number of hydrogen-bond acceptors (Lipinski definition) is 3. The lowest BCUT2D eigenvalue weighted by Gasteiger charge is -2.26. The van der Waals surface area contributed by atoms with E-state index in [2.05, 4.69) is 21.2 Å². The highest BCUT2D eigenvalue weighted by Gasteiger charge is 2.26. The number of carbonyl (C=O) groups is 1. The van der Waals surface area contributed by atoms with Gasteiger partial charge in [0, 0.05) is 28.8 Å². The Balaban J connectivity index is 1.83. The molecule has 138 valence electrons. The molecule has 2 aromatic rings. The van der Waals surface area contributed by atoms with Crippen molar-refractivity contribution in [2.75, 3.05) is 18.4 Å². The summed E-state index contributed by atoms with van der Waals surface area (Å²) in [7, 11) is -3.56. The first-order valence-electron chi connectivity index (χ1n) is 8.55. The molecule has 1 heterocycles. The van der Waals surface area contributed by atoms with E-state index in [4.69, 9.17) is 0 Å². The second-order valence-corrected chi connectivity index (χ2v) is 9.26. The minimum atomic E-state index is -3.56. The van der Waals surface area contributed by atoms with Crippen LogP contribution in [0.25, 0.3) is 0 Å². The Labute approximate surface area is 162 Å². The van der Waals surface area contributed by atoms with Gasteiger partial charge in [0.25, 0.3) is 5.91 Å². The van der Waals surface area contributed by atoms with Crippen LogP contribution in [0, 0.1) is 6.92 Å². The fraction of sp³-hybridized carbons (Fsp3) is 0.316. The number of anilines is 1. The van der Waals surface area contributed by atoms with E-state index in [1.807, 2.05) is 25.1 Å². The predicted octanol–water partition coefficient (Wildman–Crippen LogP) is 4.18. The number of carbonyl (C=O) groups excluding carboxylic acids is 1. The summed E-state index contributed by atoms with van der Waals surface area (Å²) in [5.74, 6) is -0.328. The third kappa shape index (κ3) is 4.16. The van der Waals surface area contributed by atoms with E-state index in [0.29, 0.717) is 24.3 Å². The normalized spacial score (nSPS) is 15.6. The maximum Gasteiger partial charge on any atom is 0.255 e. The minimum absolute atomic E-state index is 0.166. The molecule has 3 rings (SSSR count). The fourth-order valence-electron chi connectivity index (χ4n) is 3.01. The quantitative estimate of drug-likeness (QED) is 0.781. The van der Waals surface area contributed by atoms with Crippen LogP contribution in [0.3, 0.4) is 0 Å². The molecule has 0 radical (unpaired) electrons. The Bertz CT molecular complexity index is 922. The summed E-state index contributed by atoms with van der Waals surface area (Å²) in [6, 6.07) is 11.8. The van der Waals surface area contributed by atoms with Crippen LogP contribution in [-0.4, -0.2) is 31.7 Å². The van der Waals surface area contributed by atoms with Gasteiger partial charge in [-0.15, -0.1) is 0 Å². The number of sulfonamides is 1. The number of hydrogen-bond donors (Lipinski definition) is 1. The smallest absolute Gasteiger partial charge is 0.255 e. The number of halogens is 1. The Morgan fingerprint density at radius 2 is 1.81 bits per heavy atom. The van der Waals surface area contributed by atoms with E-state index in [-0.39, 0.29) is 10.8 Å². The minimum Gasteiger partial charge on any atom is -0.322 e. The molecular weight excluding hydrogens is 416 g/mol. The van der Waals surface area contributed by atoms with Crippen molar-refractivity contribution in [3.05, 3.63) is 58.1 Å². The summed E-state index contributed by atoms with van der Waals surface area (Å²) in [6.45, 7) is 2.98. The molecule has 1 N–H and O–H groups in total. The number of amides is 1. The summed E-state index contributed by atoms with van der Waals surface area (Å²) >= 11 is 3.39. The first kappa shape index (κ1) is 19.1. The Hall–Kier alpha value is -1.70. The van der Waals surface area contributed by atoms with E-state index >= 15 is 0 Å². The molecule has 26 heavy (non-hydrogen) atoms. The molecule has 1 fully saturated rings. The highest BCUT2D eigenvalue weighted by Crippen LogP contribution is 2.23. The molecule has 7 heteroatoms. The lowest BCUT2D eigenvalue weighted by atomic mass is 10.1. The monoisotopic (exact) mass is 436 g/mol. The van der Waals surface area contributed by atoms with Crippen LogP contribution < -0.4 is 5.32 Å². The average Bonchev–Trinajstić information content (AvgIpc) is 2.65. The van der Waals surface area contributed by atoms with Gasteiger partial charge in [-0.2, -0.15) is 4.31 Å². The van der Waals surface area contributed by atoms with Crippen molar-refractivity contribution in [1.82, 2.24) is 4.31 Å². The lowest BCUT2D eigenvalue weighted by Crippen LogP contribution is -2.35. The van der Waals surface area contributed by atoms with Gasteiger partial charge in [-0.3, -0.25) is 4.79 Å². The SMILES string of the molecule is Cc1cc(Br)ccc1NC(=O)c1cccc(S(=O)(=O)N2CCCCC2)c1. The van der Waals surface area contributed by atoms with Crippen LogP contribution in [0.5, 0.6) is 0 Å². The van der Waals surface area contributed by atoms with Gasteiger partial charge in [0.2, 0.25) is 10.0 Å². The number of piperidine rings is 1. The molecule has 0 unspecified atom stereocenters. The number of rotatable bonds is 4. The summed E-state index contributed by atoms with van der Waals surface area (Å²) in [6.07, 6.45) is 2.81. The standard InChI is InChI=1S/C19H21BrN2O3S/c1-14-12-16(20)8-9-18(14)21-19(23)15-6-5-7-17(13-15)26(24,25)22-10-3-2-4-11-22/h5-9,12-13H,2-4,10-11H2,1H3,(H,21,23). The van der Waals surface area contributed by atoms with Gasteiger partial charge >= 0.3 is 0 Å². The molecule has 0 bridgehead atoms. The average molecular weight is 437 g/mol. The van der Waals surface area contributed by atoms with E-state index < -0.39 is 10.0 Å². The number of aryl methyl sites for hydroxylation is 1. The summed E-state index contributed by atoms with van der Waals surface area (Å²) in [5, 5.41) is 2.84. The summed E-state index contributed by atoms with van der Waals surface area (Å²) in [4.78, 5) is 12.7. The van der Waals surface area contributed by atoms with Gasteiger partial charge in [-0.25, -0.2) is 8.42 Å². The summed E-state index contributed by atoms with van der Waals surface area (Å²) in [5.41, 5.74) is 1.94. The van der Waals surface area contributed by atoms with E-state index in [0.717, 1.165) is 29.3 Å². The van der Waals surface area contributed by atoms with Gasteiger partial charge in [-0.1, -0.05) is 28.4 Å². The maximum atomic E-state index is 12.8. The van der Waals surface area contributed by atoms with Crippen molar-refractivity contribution in [3.8, 4) is 0 Å². The van der Waals surface area contributed by atoms with Crippen molar-refractivity contribution in [3.63, 3.8) is 0 Å². The number of nitrogens with zero attached hydrogens (tertiary/aromatic N) is 1. The van der Waals surface area contributed by atoms with Crippen molar-refractivity contribution in [2.24, 2.45) is 0 Å². The first-order chi connectivity index (χ1) is 12.4. The van der Waals surface area contributed by atoms with Crippen LogP contribution in [0.4, 0.5) is 5.69 Å². The molecule has 0 atom stereocenters. The molecule has 1 amide bonds. The zero-order valence-corrected chi connectivity index (χ0v) is 16.9. The van der Waals surface area contributed by atoms with Crippen LogP contribution in [0.2, 0.25) is 0 Å². The molecule has 1 aliphatic heterocycles. The van der Waals surface area contributed by atoms with Crippen LogP contribution >= 0.6 is 15.9 Å². The number of nitrogens with one attached hydrogen (secondary N) is 1. The van der Waals surface area contributed by atoms with Crippen molar-refractivity contribution in [1.29, 1.82) is 0 Å². The van der Waals surface area contributed by atoms with Crippen molar-refractivity contribution < 1.29 is 13.2 Å². The third-order valence-corrected chi connectivity index (χ3v) is 6.87. The van der Waals surface area contributed by atoms with Crippen molar-refractivity contribution >= 4 is 37.5 Å². The van der Waals surface area contributed by atoms with Crippen LogP contribution in [-0.2, 0) is 10.0 Å². The lowest BCUT2D eigenvalue weighted by molar-refractivity contribution is 0.102. The largest absolute Gasteiger partial charge is 0.322 e. The molecule has 5 nitrogen and oxygen atoms in total. The highest BCUT2D eigenvalue weighted by atomic mass is 79.9. The summed E-state index contributed by atoms with van der Waals surface area (Å²) < 4.78 is 28.0. The molecule has 1 saturated heterocycles. The van der Waals surface area contributed by atoms with Gasteiger partial charge in [0.1, 0.15) is 0 Å². The number of benzene rings is 2. The second kappa shape index (κ2) is 7.90. The van der Waals surface area contributed by atoms with Crippen LogP contribution in [0.1, 0.15) is 35.2 Å². The van der Waals surface area contributed by atoms with Gasteiger partial charge < -0.3 is 5.32 Å². The maximum absolute atomic E-state index is 12.8. The topological polar surface area (TPSA) is 66.5 Å². The Morgan fingerprint density at radius 1 is 1.08 bits per heavy atom. The first-order valence-corrected chi connectivity index (χ1v) is 10.8. The molecule has 1 aliphatic rings. The van der Waals surface area contributed by atoms with Crippen molar-refractivity contribution in [2.45, 2.75) is 31.1 Å². The van der Waals surface area contributed by atoms with Gasteiger partial charge in [0.15, 0.2) is 0 Å². The molecule has 0 saturated carbocycles. The van der Waals surface area contributed by atoms with E-state index in [9.17, 15) is 13.2 Å². The van der Waals surface area contributed by atoms with Gasteiger partial charge in [0.05, 0.1) is 4.90 Å². The Kier molecular flexibility index (Phi) is 5.79. The zero-order chi connectivity index (χ0) is 18.7. The fourth-order valence-corrected chi connectivity index (χ4v) is 5.05. The highest BCUT2D eigenvalue weighted by molar-refractivity contribution is 9.10. The van der Waals surface area contributed by atoms with E-state index in [1.54, 1.807) is 18.2 Å². The molecular formula is C19H21BrN2O3S.